The number of rotatable bonds is 5. The molecule has 0 aromatic heterocycles. The number of sulfonamides is 2. The first kappa shape index (κ1) is 20.1. The summed E-state index contributed by atoms with van der Waals surface area (Å²) in [5, 5.41) is 0.0467. The van der Waals surface area contributed by atoms with E-state index in [4.69, 9.17) is 11.6 Å². The van der Waals surface area contributed by atoms with Gasteiger partial charge >= 0.3 is 0 Å². The van der Waals surface area contributed by atoms with Crippen molar-refractivity contribution >= 4 is 37.3 Å². The molecule has 0 bridgehead atoms. The fourth-order valence-corrected chi connectivity index (χ4v) is 5.86. The van der Waals surface area contributed by atoms with Gasteiger partial charge < -0.3 is 0 Å². The Hall–Kier alpha value is -1.68. The number of nitrogens with zero attached hydrogens (tertiary/aromatic N) is 2. The molecule has 0 spiro atoms. The molecule has 0 saturated heterocycles. The highest BCUT2D eigenvalue weighted by molar-refractivity contribution is 7.92. The molecule has 6 nitrogen and oxygen atoms in total. The number of halogens is 2. The smallest absolute Gasteiger partial charge is 0.242 e. The number of anilines is 1. The molecule has 1 heterocycles. The minimum atomic E-state index is -3.89. The standard InChI is InChI=1S/C17H18ClFN2O4S2/c1-20(2)27(24,25)13-6-7-17-12(10-13)8-9-21(17)26(22,23)11-14-15(18)4-3-5-16(14)19/h3-7,10H,8-9,11H2,1-2H3. The van der Waals surface area contributed by atoms with E-state index in [0.29, 0.717) is 17.7 Å². The molecule has 0 unspecified atom stereocenters. The van der Waals surface area contributed by atoms with Crippen LogP contribution in [-0.4, -0.2) is 41.8 Å². The van der Waals surface area contributed by atoms with Gasteiger partial charge in [-0.25, -0.2) is 25.5 Å². The molecule has 27 heavy (non-hydrogen) atoms. The van der Waals surface area contributed by atoms with E-state index in [2.05, 4.69) is 0 Å². The summed E-state index contributed by atoms with van der Waals surface area (Å²) < 4.78 is 66.5. The zero-order valence-corrected chi connectivity index (χ0v) is 17.1. The second-order valence-corrected chi connectivity index (χ2v) is 10.8. The molecule has 0 radical (unpaired) electrons. The average Bonchev–Trinajstić information content (AvgIpc) is 3.02. The molecule has 0 atom stereocenters. The number of fused-ring (bicyclic) bond motifs is 1. The van der Waals surface area contributed by atoms with E-state index in [1.165, 1.54) is 48.7 Å². The van der Waals surface area contributed by atoms with E-state index >= 15 is 0 Å². The van der Waals surface area contributed by atoms with Gasteiger partial charge in [-0.2, -0.15) is 0 Å². The summed E-state index contributed by atoms with van der Waals surface area (Å²) in [7, 11) is -4.64. The van der Waals surface area contributed by atoms with Gasteiger partial charge in [0.25, 0.3) is 0 Å². The van der Waals surface area contributed by atoms with Crippen LogP contribution in [0.3, 0.4) is 0 Å². The second-order valence-electron chi connectivity index (χ2n) is 6.36. The van der Waals surface area contributed by atoms with Crippen molar-refractivity contribution in [2.75, 3.05) is 24.9 Å². The molecule has 2 aromatic rings. The maximum Gasteiger partial charge on any atom is 0.242 e. The average molecular weight is 433 g/mol. The van der Waals surface area contributed by atoms with Crippen molar-refractivity contribution in [3.8, 4) is 0 Å². The van der Waals surface area contributed by atoms with E-state index in [0.717, 1.165) is 10.4 Å². The monoisotopic (exact) mass is 432 g/mol. The van der Waals surface area contributed by atoms with Crippen molar-refractivity contribution in [1.29, 1.82) is 0 Å². The van der Waals surface area contributed by atoms with Crippen LogP contribution in [-0.2, 0) is 32.2 Å². The summed E-state index contributed by atoms with van der Waals surface area (Å²) in [6.07, 6.45) is 0.371. The lowest BCUT2D eigenvalue weighted by atomic mass is 10.2. The van der Waals surface area contributed by atoms with Gasteiger partial charge in [-0.1, -0.05) is 17.7 Å². The Balaban J connectivity index is 1.96. The summed E-state index contributed by atoms with van der Waals surface area (Å²) in [6.45, 7) is 0.162. The van der Waals surface area contributed by atoms with Crippen molar-refractivity contribution in [1.82, 2.24) is 4.31 Å². The summed E-state index contributed by atoms with van der Waals surface area (Å²) in [5.74, 6) is -1.26. The van der Waals surface area contributed by atoms with Crippen molar-refractivity contribution in [2.45, 2.75) is 17.1 Å². The first-order valence-electron chi connectivity index (χ1n) is 8.03. The van der Waals surface area contributed by atoms with Gasteiger partial charge in [0.15, 0.2) is 0 Å². The molecule has 1 aliphatic rings. The van der Waals surface area contributed by atoms with Crippen LogP contribution in [0.4, 0.5) is 10.1 Å². The van der Waals surface area contributed by atoms with Crippen LogP contribution in [0.25, 0.3) is 0 Å². The lowest BCUT2D eigenvalue weighted by Gasteiger charge is -2.20. The third kappa shape index (κ3) is 3.69. The molecule has 0 aliphatic carbocycles. The van der Waals surface area contributed by atoms with Crippen LogP contribution in [0, 0.1) is 5.82 Å². The molecular weight excluding hydrogens is 415 g/mol. The van der Waals surface area contributed by atoms with Crippen LogP contribution >= 0.6 is 11.6 Å². The first-order chi connectivity index (χ1) is 12.5. The van der Waals surface area contributed by atoms with Crippen LogP contribution in [0.1, 0.15) is 11.1 Å². The van der Waals surface area contributed by atoms with Gasteiger partial charge in [0.1, 0.15) is 5.82 Å². The fourth-order valence-electron chi connectivity index (χ4n) is 2.94. The van der Waals surface area contributed by atoms with E-state index in [9.17, 15) is 21.2 Å². The Labute approximate surface area is 163 Å². The fraction of sp³-hybridized carbons (Fsp3) is 0.294. The summed E-state index contributed by atoms with van der Waals surface area (Å²) in [6, 6.07) is 8.33. The Bertz CT molecular complexity index is 1080. The lowest BCUT2D eigenvalue weighted by molar-refractivity contribution is 0.520. The number of benzene rings is 2. The Morgan fingerprint density at radius 2 is 1.85 bits per heavy atom. The number of hydrogen-bond donors (Lipinski definition) is 0. The van der Waals surface area contributed by atoms with Gasteiger partial charge in [0.05, 0.1) is 16.3 Å². The second kappa shape index (κ2) is 7.05. The third-order valence-corrected chi connectivity index (χ3v) is 8.28. The van der Waals surface area contributed by atoms with E-state index in [-0.39, 0.29) is 22.0 Å². The Morgan fingerprint density at radius 1 is 1.15 bits per heavy atom. The molecule has 10 heteroatoms. The van der Waals surface area contributed by atoms with Gasteiger partial charge in [-0.05, 0) is 42.3 Å². The topological polar surface area (TPSA) is 74.8 Å². The lowest BCUT2D eigenvalue weighted by Crippen LogP contribution is -2.30. The van der Waals surface area contributed by atoms with Crippen molar-refractivity contribution < 1.29 is 21.2 Å². The Morgan fingerprint density at radius 3 is 2.48 bits per heavy atom. The molecule has 0 fully saturated rings. The maximum atomic E-state index is 14.0. The minimum Gasteiger partial charge on any atom is -0.269 e. The van der Waals surface area contributed by atoms with Crippen LogP contribution in [0.2, 0.25) is 5.02 Å². The molecule has 1 aliphatic heterocycles. The van der Waals surface area contributed by atoms with Gasteiger partial charge in [-0.15, -0.1) is 0 Å². The summed E-state index contributed by atoms with van der Waals surface area (Å²) in [5.41, 5.74) is 0.931. The first-order valence-corrected chi connectivity index (χ1v) is 11.5. The molecule has 3 rings (SSSR count). The quantitative estimate of drug-likeness (QED) is 0.727. The number of hydrogen-bond acceptors (Lipinski definition) is 4. The maximum absolute atomic E-state index is 14.0. The zero-order chi connectivity index (χ0) is 20.0. The van der Waals surface area contributed by atoms with E-state index < -0.39 is 31.6 Å². The van der Waals surface area contributed by atoms with Crippen molar-refractivity contribution in [2.24, 2.45) is 0 Å². The minimum absolute atomic E-state index is 0.0467. The summed E-state index contributed by atoms with van der Waals surface area (Å²) in [4.78, 5) is 0.0997. The molecule has 0 amide bonds. The van der Waals surface area contributed by atoms with Crippen molar-refractivity contribution in [3.63, 3.8) is 0 Å². The van der Waals surface area contributed by atoms with E-state index in [1.54, 1.807) is 0 Å². The van der Waals surface area contributed by atoms with E-state index in [1.807, 2.05) is 0 Å². The molecule has 146 valence electrons. The van der Waals surface area contributed by atoms with Crippen molar-refractivity contribution in [3.05, 3.63) is 58.4 Å². The predicted octanol–water partition coefficient (Wildman–Crippen LogP) is 2.62. The predicted molar refractivity (Wildman–Crippen MR) is 102 cm³/mol. The van der Waals surface area contributed by atoms with Gasteiger partial charge in [0, 0.05) is 31.2 Å². The third-order valence-electron chi connectivity index (χ3n) is 4.41. The highest BCUT2D eigenvalue weighted by Crippen LogP contribution is 2.34. The highest BCUT2D eigenvalue weighted by atomic mass is 35.5. The van der Waals surface area contributed by atoms with Gasteiger partial charge in [0.2, 0.25) is 20.0 Å². The molecule has 2 aromatic carbocycles. The SMILES string of the molecule is CN(C)S(=O)(=O)c1ccc2c(c1)CCN2S(=O)(=O)Cc1c(F)cccc1Cl. The largest absolute Gasteiger partial charge is 0.269 e. The zero-order valence-electron chi connectivity index (χ0n) is 14.7. The Kier molecular flexibility index (Phi) is 5.24. The molecule has 0 N–H and O–H groups in total. The van der Waals surface area contributed by atoms with Crippen LogP contribution < -0.4 is 4.31 Å². The van der Waals surface area contributed by atoms with Crippen LogP contribution in [0.5, 0.6) is 0 Å². The van der Waals surface area contributed by atoms with Gasteiger partial charge in [-0.3, -0.25) is 4.31 Å². The molecular formula is C17H18ClFN2O4S2. The highest BCUT2D eigenvalue weighted by Gasteiger charge is 2.32. The molecule has 0 saturated carbocycles. The van der Waals surface area contributed by atoms with Crippen LogP contribution in [0.15, 0.2) is 41.3 Å². The summed E-state index contributed by atoms with van der Waals surface area (Å²) >= 11 is 5.95. The normalized spacial score (nSPS) is 14.6.